The van der Waals surface area contributed by atoms with Crippen LogP contribution >= 0.6 is 11.3 Å². The molecule has 8 nitrogen and oxygen atoms in total. The van der Waals surface area contributed by atoms with Gasteiger partial charge in [-0.1, -0.05) is 0 Å². The minimum atomic E-state index is -0.313. The maximum absolute atomic E-state index is 12.8. The molecule has 180 valence electrons. The standard InChI is InChI=1S/C26H24N2O6S/c1-32-18-12-24(35-14-18)21(30)5-4-20(29)16-10-15-11-17(2-6-22(15)33-13-16)34-23-8-9-27-26-19(23)3-7-25(31)28-26/h2,6,8-9,11-12,14,16H,3-5,7,10,13H2,1H3,(H,27,28,31). The lowest BCUT2D eigenvalue weighted by atomic mass is 9.90. The lowest BCUT2D eigenvalue weighted by Crippen LogP contribution is -2.28. The van der Waals surface area contributed by atoms with Crippen LogP contribution in [-0.4, -0.2) is 36.2 Å². The highest BCUT2D eigenvalue weighted by Crippen LogP contribution is 2.36. The molecule has 2 aromatic heterocycles. The van der Waals surface area contributed by atoms with Crippen LogP contribution in [0.2, 0.25) is 0 Å². The molecule has 4 heterocycles. The van der Waals surface area contributed by atoms with Gasteiger partial charge in [0, 0.05) is 42.5 Å². The zero-order valence-electron chi connectivity index (χ0n) is 19.2. The maximum Gasteiger partial charge on any atom is 0.225 e. The number of methoxy groups -OCH3 is 1. The van der Waals surface area contributed by atoms with Gasteiger partial charge in [0.05, 0.1) is 24.5 Å². The van der Waals surface area contributed by atoms with E-state index in [1.54, 1.807) is 30.8 Å². The van der Waals surface area contributed by atoms with Crippen molar-refractivity contribution in [3.05, 3.63) is 57.9 Å². The van der Waals surface area contributed by atoms with Gasteiger partial charge in [-0.25, -0.2) is 4.98 Å². The smallest absolute Gasteiger partial charge is 0.225 e. The van der Waals surface area contributed by atoms with Gasteiger partial charge in [0.25, 0.3) is 0 Å². The summed E-state index contributed by atoms with van der Waals surface area (Å²) >= 11 is 1.32. The molecular formula is C26H24N2O6S. The van der Waals surface area contributed by atoms with Crippen molar-refractivity contribution in [1.82, 2.24) is 4.98 Å². The third kappa shape index (κ3) is 5.05. The number of fused-ring (bicyclic) bond motifs is 2. The van der Waals surface area contributed by atoms with E-state index in [4.69, 9.17) is 14.2 Å². The molecule has 1 unspecified atom stereocenters. The van der Waals surface area contributed by atoms with Gasteiger partial charge in [0.2, 0.25) is 5.91 Å². The summed E-state index contributed by atoms with van der Waals surface area (Å²) in [6.45, 7) is 0.296. The number of hydrogen-bond acceptors (Lipinski definition) is 8. The summed E-state index contributed by atoms with van der Waals surface area (Å²) in [4.78, 5) is 41.7. The third-order valence-electron chi connectivity index (χ3n) is 6.18. The molecule has 2 aliphatic heterocycles. The summed E-state index contributed by atoms with van der Waals surface area (Å²) in [6, 6.07) is 9.02. The molecule has 0 aliphatic carbocycles. The molecule has 0 saturated heterocycles. The van der Waals surface area contributed by atoms with Gasteiger partial charge >= 0.3 is 0 Å². The molecule has 0 fully saturated rings. The normalized spacial score (nSPS) is 16.4. The maximum atomic E-state index is 12.8. The van der Waals surface area contributed by atoms with Gasteiger partial charge in [0.1, 0.15) is 34.6 Å². The summed E-state index contributed by atoms with van der Waals surface area (Å²) in [5.74, 6) is 2.75. The molecule has 1 amide bonds. The molecule has 0 radical (unpaired) electrons. The SMILES string of the molecule is COc1csc(C(=O)CCC(=O)C2COc3ccc(Oc4ccnc5c4CCC(=O)N5)cc3C2)c1. The summed E-state index contributed by atoms with van der Waals surface area (Å²) in [7, 11) is 1.56. The fraction of sp³-hybridized carbons (Fsp3) is 0.308. The number of rotatable bonds is 8. The minimum absolute atomic E-state index is 0.0118. The number of hydrogen-bond donors (Lipinski definition) is 1. The number of amides is 1. The molecule has 1 N–H and O–H groups in total. The van der Waals surface area contributed by atoms with Crippen LogP contribution in [0.25, 0.3) is 0 Å². The van der Waals surface area contributed by atoms with E-state index in [0.717, 1.165) is 16.9 Å². The summed E-state index contributed by atoms with van der Waals surface area (Å²) in [5.41, 5.74) is 1.75. The van der Waals surface area contributed by atoms with E-state index >= 15 is 0 Å². The van der Waals surface area contributed by atoms with E-state index in [0.29, 0.717) is 53.8 Å². The fourth-order valence-electron chi connectivity index (χ4n) is 4.26. The number of thiophene rings is 1. The van der Waals surface area contributed by atoms with Gasteiger partial charge in [-0.15, -0.1) is 11.3 Å². The number of aromatic nitrogens is 1. The van der Waals surface area contributed by atoms with E-state index in [9.17, 15) is 14.4 Å². The Kier molecular flexibility index (Phi) is 6.50. The molecule has 5 rings (SSSR count). The Bertz CT molecular complexity index is 1300. The Labute approximate surface area is 206 Å². The predicted octanol–water partition coefficient (Wildman–Crippen LogP) is 4.61. The first-order chi connectivity index (χ1) is 17.0. The van der Waals surface area contributed by atoms with Gasteiger partial charge in [-0.2, -0.15) is 0 Å². The first-order valence-electron chi connectivity index (χ1n) is 11.4. The van der Waals surface area contributed by atoms with E-state index in [-0.39, 0.29) is 36.2 Å². The number of ketones is 2. The van der Waals surface area contributed by atoms with Crippen LogP contribution in [0.4, 0.5) is 5.82 Å². The highest BCUT2D eigenvalue weighted by atomic mass is 32.1. The number of carbonyl (C=O) groups excluding carboxylic acids is 3. The molecule has 1 aromatic carbocycles. The van der Waals surface area contributed by atoms with Crippen LogP contribution in [-0.2, 0) is 22.4 Å². The Hall–Kier alpha value is -3.72. The first kappa shape index (κ1) is 23.0. The average molecular weight is 493 g/mol. The number of benzene rings is 1. The Balaban J connectivity index is 1.23. The quantitative estimate of drug-likeness (QED) is 0.458. The zero-order valence-corrected chi connectivity index (χ0v) is 20.0. The fourth-order valence-corrected chi connectivity index (χ4v) is 5.08. The molecule has 1 atom stereocenters. The van der Waals surface area contributed by atoms with E-state index < -0.39 is 0 Å². The molecule has 0 saturated carbocycles. The van der Waals surface area contributed by atoms with Crippen LogP contribution < -0.4 is 19.5 Å². The first-order valence-corrected chi connectivity index (χ1v) is 12.3. The number of ether oxygens (including phenoxy) is 3. The minimum Gasteiger partial charge on any atom is -0.496 e. The van der Waals surface area contributed by atoms with Crippen LogP contribution in [0, 0.1) is 5.92 Å². The van der Waals surface area contributed by atoms with Crippen molar-refractivity contribution in [2.75, 3.05) is 19.0 Å². The van der Waals surface area contributed by atoms with E-state index in [2.05, 4.69) is 10.3 Å². The highest BCUT2D eigenvalue weighted by molar-refractivity contribution is 7.12. The van der Waals surface area contributed by atoms with Crippen molar-refractivity contribution < 1.29 is 28.6 Å². The van der Waals surface area contributed by atoms with Gasteiger partial charge in [0.15, 0.2) is 5.78 Å². The van der Waals surface area contributed by atoms with Gasteiger partial charge in [-0.3, -0.25) is 14.4 Å². The van der Waals surface area contributed by atoms with Crippen molar-refractivity contribution in [2.45, 2.75) is 32.1 Å². The van der Waals surface area contributed by atoms with Crippen molar-refractivity contribution in [1.29, 1.82) is 0 Å². The molecule has 0 spiro atoms. The van der Waals surface area contributed by atoms with Gasteiger partial charge < -0.3 is 19.5 Å². The van der Waals surface area contributed by atoms with E-state index in [1.807, 2.05) is 18.2 Å². The summed E-state index contributed by atoms with van der Waals surface area (Å²) < 4.78 is 17.1. The molecule has 3 aromatic rings. The van der Waals surface area contributed by atoms with Crippen molar-refractivity contribution in [3.63, 3.8) is 0 Å². The Morgan fingerprint density at radius 1 is 1.17 bits per heavy atom. The zero-order chi connectivity index (χ0) is 24.4. The lowest BCUT2D eigenvalue weighted by molar-refractivity contribution is -0.124. The molecule has 2 aliphatic rings. The molecule has 0 bridgehead atoms. The topological polar surface area (TPSA) is 104 Å². The lowest BCUT2D eigenvalue weighted by Gasteiger charge is -2.25. The van der Waals surface area contributed by atoms with Gasteiger partial charge in [-0.05, 0) is 42.7 Å². The number of carbonyl (C=O) groups is 3. The van der Waals surface area contributed by atoms with Crippen LogP contribution in [0.15, 0.2) is 41.9 Å². The number of anilines is 1. The Morgan fingerprint density at radius 3 is 2.89 bits per heavy atom. The number of Topliss-reactive ketones (excluding diaryl/α,β-unsaturated/α-hetero) is 2. The largest absolute Gasteiger partial charge is 0.496 e. The van der Waals surface area contributed by atoms with E-state index in [1.165, 1.54) is 11.3 Å². The number of nitrogens with zero attached hydrogens (tertiary/aromatic N) is 1. The second kappa shape index (κ2) is 9.87. The second-order valence-electron chi connectivity index (χ2n) is 8.51. The third-order valence-corrected chi connectivity index (χ3v) is 7.13. The molecule has 35 heavy (non-hydrogen) atoms. The van der Waals surface area contributed by atoms with Crippen molar-refractivity contribution in [2.24, 2.45) is 5.92 Å². The molecular weight excluding hydrogens is 468 g/mol. The predicted molar refractivity (Wildman–Crippen MR) is 130 cm³/mol. The summed E-state index contributed by atoms with van der Waals surface area (Å²) in [6.07, 6.45) is 3.41. The van der Waals surface area contributed by atoms with Crippen LogP contribution in [0.3, 0.4) is 0 Å². The number of pyridine rings is 1. The average Bonchev–Trinajstić information content (AvgIpc) is 3.36. The van der Waals surface area contributed by atoms with Crippen LogP contribution in [0.5, 0.6) is 23.0 Å². The summed E-state index contributed by atoms with van der Waals surface area (Å²) in [5, 5.41) is 4.55. The van der Waals surface area contributed by atoms with Crippen molar-refractivity contribution >= 4 is 34.6 Å². The van der Waals surface area contributed by atoms with Crippen molar-refractivity contribution in [3.8, 4) is 23.0 Å². The number of nitrogens with one attached hydrogen (secondary N) is 1. The molecule has 9 heteroatoms. The van der Waals surface area contributed by atoms with Crippen LogP contribution in [0.1, 0.15) is 40.1 Å². The second-order valence-corrected chi connectivity index (χ2v) is 9.42. The highest BCUT2D eigenvalue weighted by Gasteiger charge is 2.27. The monoisotopic (exact) mass is 492 g/mol. The Morgan fingerprint density at radius 2 is 2.06 bits per heavy atom.